The van der Waals surface area contributed by atoms with Crippen molar-refractivity contribution < 1.29 is 13.2 Å². The van der Waals surface area contributed by atoms with Crippen LogP contribution >= 0.6 is 0 Å². The normalized spacial score (nSPS) is 17.8. The van der Waals surface area contributed by atoms with Gasteiger partial charge in [0.15, 0.2) is 0 Å². The van der Waals surface area contributed by atoms with Crippen LogP contribution in [0.4, 0.5) is 11.4 Å². The minimum absolute atomic E-state index is 0.222. The molecule has 0 spiro atoms. The molecule has 1 heterocycles. The first kappa shape index (κ1) is 23.1. The molecule has 0 radical (unpaired) electrons. The predicted octanol–water partition coefficient (Wildman–Crippen LogP) is 3.87. The highest BCUT2D eigenvalue weighted by atomic mass is 32.2. The summed E-state index contributed by atoms with van der Waals surface area (Å²) in [5, 5.41) is 2.94. The monoisotopic (exact) mass is 443 g/mol. The summed E-state index contributed by atoms with van der Waals surface area (Å²) in [6.45, 7) is 7.93. The van der Waals surface area contributed by atoms with E-state index in [0.717, 1.165) is 34.8 Å². The number of sulfonamides is 1. The number of carbonyl (C=O) groups excluding carboxylic acids is 1. The molecular formula is C24H33N3O3S. The Morgan fingerprint density at radius 2 is 1.87 bits per heavy atom. The van der Waals surface area contributed by atoms with E-state index in [1.807, 2.05) is 38.1 Å². The number of carbonyl (C=O) groups is 1. The largest absolute Gasteiger partial charge is 0.371 e. The van der Waals surface area contributed by atoms with E-state index in [2.05, 4.69) is 29.3 Å². The number of hydrogen-bond acceptors (Lipinski definition) is 4. The first-order chi connectivity index (χ1) is 14.6. The van der Waals surface area contributed by atoms with Gasteiger partial charge in [0.2, 0.25) is 15.9 Å². The van der Waals surface area contributed by atoms with Crippen molar-refractivity contribution in [3.63, 3.8) is 0 Å². The third-order valence-electron chi connectivity index (χ3n) is 5.86. The van der Waals surface area contributed by atoms with Crippen molar-refractivity contribution in [3.8, 4) is 0 Å². The SMILES string of the molecule is Cc1ccccc1N(CC(=O)N[C@@H](C)c1ccc(N2CCC[C@H](C)C2)cc1)S(C)(=O)=O. The molecule has 1 aliphatic heterocycles. The number of benzene rings is 2. The van der Waals surface area contributed by atoms with Gasteiger partial charge in [-0.2, -0.15) is 0 Å². The van der Waals surface area contributed by atoms with Gasteiger partial charge in [-0.1, -0.05) is 37.3 Å². The van der Waals surface area contributed by atoms with Crippen LogP contribution in [0.25, 0.3) is 0 Å². The Morgan fingerprint density at radius 3 is 2.48 bits per heavy atom. The second-order valence-corrected chi connectivity index (χ2v) is 10.5. The smallest absolute Gasteiger partial charge is 0.241 e. The van der Waals surface area contributed by atoms with Gasteiger partial charge in [-0.15, -0.1) is 0 Å². The van der Waals surface area contributed by atoms with Gasteiger partial charge in [-0.05, 0) is 61.9 Å². The van der Waals surface area contributed by atoms with E-state index in [-0.39, 0.29) is 18.5 Å². The fourth-order valence-electron chi connectivity index (χ4n) is 4.12. The van der Waals surface area contributed by atoms with Gasteiger partial charge >= 0.3 is 0 Å². The second-order valence-electron chi connectivity index (χ2n) is 8.63. The highest BCUT2D eigenvalue weighted by Crippen LogP contribution is 2.25. The lowest BCUT2D eigenvalue weighted by Gasteiger charge is -2.33. The highest BCUT2D eigenvalue weighted by molar-refractivity contribution is 7.92. The first-order valence-electron chi connectivity index (χ1n) is 10.8. The Bertz CT molecular complexity index is 1000. The predicted molar refractivity (Wildman–Crippen MR) is 127 cm³/mol. The molecule has 0 bridgehead atoms. The molecule has 168 valence electrons. The number of piperidine rings is 1. The lowest BCUT2D eigenvalue weighted by molar-refractivity contribution is -0.120. The number of nitrogens with zero attached hydrogens (tertiary/aromatic N) is 2. The lowest BCUT2D eigenvalue weighted by Crippen LogP contribution is -2.41. The average Bonchev–Trinajstić information content (AvgIpc) is 2.72. The molecule has 2 aromatic rings. The molecule has 0 aliphatic carbocycles. The van der Waals surface area contributed by atoms with E-state index in [1.54, 1.807) is 12.1 Å². The molecule has 1 fully saturated rings. The molecule has 3 rings (SSSR count). The van der Waals surface area contributed by atoms with Crippen LogP contribution in [0.3, 0.4) is 0 Å². The van der Waals surface area contributed by atoms with E-state index in [0.29, 0.717) is 11.6 Å². The van der Waals surface area contributed by atoms with Gasteiger partial charge < -0.3 is 10.2 Å². The van der Waals surface area contributed by atoms with Crippen LogP contribution in [0, 0.1) is 12.8 Å². The summed E-state index contributed by atoms with van der Waals surface area (Å²) in [7, 11) is -3.59. The summed E-state index contributed by atoms with van der Waals surface area (Å²) < 4.78 is 25.8. The molecule has 1 N–H and O–H groups in total. The summed E-state index contributed by atoms with van der Waals surface area (Å²) in [6, 6.07) is 15.2. The molecule has 1 amide bonds. The molecule has 0 unspecified atom stereocenters. The van der Waals surface area contributed by atoms with Gasteiger partial charge in [0.1, 0.15) is 6.54 Å². The molecule has 6 nitrogen and oxygen atoms in total. The standard InChI is InChI=1S/C24H33N3O3S/c1-18-8-7-15-26(16-18)22-13-11-21(12-14-22)20(3)25-24(28)17-27(31(4,29)30)23-10-6-5-9-19(23)2/h5-6,9-14,18,20H,7-8,15-17H2,1-4H3,(H,25,28)/t18-,20-/m0/s1. The molecule has 31 heavy (non-hydrogen) atoms. The van der Waals surface area contributed by atoms with Crippen molar-refractivity contribution in [3.05, 3.63) is 59.7 Å². The Kier molecular flexibility index (Phi) is 7.26. The number of rotatable bonds is 7. The van der Waals surface area contributed by atoms with Crippen molar-refractivity contribution in [2.75, 3.05) is 35.1 Å². The highest BCUT2D eigenvalue weighted by Gasteiger charge is 2.23. The number of nitrogens with one attached hydrogen (secondary N) is 1. The van der Waals surface area contributed by atoms with Crippen LogP contribution in [-0.4, -0.2) is 40.2 Å². The summed E-state index contributed by atoms with van der Waals surface area (Å²) in [6.07, 6.45) is 3.62. The van der Waals surface area contributed by atoms with Crippen molar-refractivity contribution in [2.45, 2.75) is 39.7 Å². The van der Waals surface area contributed by atoms with Crippen LogP contribution < -0.4 is 14.5 Å². The molecule has 0 aromatic heterocycles. The third kappa shape index (κ3) is 6.00. The van der Waals surface area contributed by atoms with Crippen LogP contribution in [0.2, 0.25) is 0 Å². The van der Waals surface area contributed by atoms with Gasteiger partial charge in [0.25, 0.3) is 0 Å². The first-order valence-corrected chi connectivity index (χ1v) is 12.7. The summed E-state index contributed by atoms with van der Waals surface area (Å²) in [5.74, 6) is 0.368. The van der Waals surface area contributed by atoms with Gasteiger partial charge in [-0.25, -0.2) is 8.42 Å². The molecular weight excluding hydrogens is 410 g/mol. The Morgan fingerprint density at radius 1 is 1.19 bits per heavy atom. The van der Waals surface area contributed by atoms with Crippen LogP contribution in [0.15, 0.2) is 48.5 Å². The molecule has 1 aliphatic rings. The molecule has 7 heteroatoms. The minimum Gasteiger partial charge on any atom is -0.371 e. The van der Waals surface area contributed by atoms with Crippen LogP contribution in [0.5, 0.6) is 0 Å². The Labute approximate surface area is 186 Å². The number of para-hydroxylation sites is 1. The molecule has 0 saturated carbocycles. The number of amides is 1. The van der Waals surface area contributed by atoms with Crippen LogP contribution in [-0.2, 0) is 14.8 Å². The Hall–Kier alpha value is -2.54. The number of anilines is 2. The number of hydrogen-bond donors (Lipinski definition) is 1. The lowest BCUT2D eigenvalue weighted by atomic mass is 9.99. The average molecular weight is 444 g/mol. The van der Waals surface area contributed by atoms with Gasteiger partial charge in [0, 0.05) is 18.8 Å². The topological polar surface area (TPSA) is 69.7 Å². The van der Waals surface area contributed by atoms with Crippen molar-refractivity contribution >= 4 is 27.3 Å². The maximum Gasteiger partial charge on any atom is 0.241 e. The molecule has 2 aromatic carbocycles. The van der Waals surface area contributed by atoms with Gasteiger partial charge in [0.05, 0.1) is 18.0 Å². The van der Waals surface area contributed by atoms with E-state index in [1.165, 1.54) is 18.5 Å². The molecule has 2 atom stereocenters. The zero-order valence-electron chi connectivity index (χ0n) is 18.8. The van der Waals surface area contributed by atoms with E-state index < -0.39 is 10.0 Å². The summed E-state index contributed by atoms with van der Waals surface area (Å²) >= 11 is 0. The minimum atomic E-state index is -3.59. The number of aryl methyl sites for hydroxylation is 1. The quantitative estimate of drug-likeness (QED) is 0.705. The maximum absolute atomic E-state index is 12.7. The summed E-state index contributed by atoms with van der Waals surface area (Å²) in [4.78, 5) is 15.1. The van der Waals surface area contributed by atoms with E-state index in [4.69, 9.17) is 0 Å². The van der Waals surface area contributed by atoms with E-state index >= 15 is 0 Å². The van der Waals surface area contributed by atoms with Crippen LogP contribution in [0.1, 0.15) is 43.9 Å². The Balaban J connectivity index is 1.66. The zero-order valence-corrected chi connectivity index (χ0v) is 19.7. The van der Waals surface area contributed by atoms with Gasteiger partial charge in [-0.3, -0.25) is 9.10 Å². The fraction of sp³-hybridized carbons (Fsp3) is 0.458. The molecule has 1 saturated heterocycles. The van der Waals surface area contributed by atoms with Crippen molar-refractivity contribution in [1.29, 1.82) is 0 Å². The fourth-order valence-corrected chi connectivity index (χ4v) is 5.04. The zero-order chi connectivity index (χ0) is 22.6. The second kappa shape index (κ2) is 9.73. The van der Waals surface area contributed by atoms with Crippen molar-refractivity contribution in [1.82, 2.24) is 5.32 Å². The van der Waals surface area contributed by atoms with Crippen molar-refractivity contribution in [2.24, 2.45) is 5.92 Å². The summed E-state index contributed by atoms with van der Waals surface area (Å²) in [5.41, 5.74) is 3.52. The van der Waals surface area contributed by atoms with E-state index in [9.17, 15) is 13.2 Å². The maximum atomic E-state index is 12.7. The third-order valence-corrected chi connectivity index (χ3v) is 6.99.